The molecule has 1 saturated heterocycles. The van der Waals surface area contributed by atoms with E-state index >= 15 is 0 Å². The highest BCUT2D eigenvalue weighted by atomic mass is 35.5. The van der Waals surface area contributed by atoms with Crippen molar-refractivity contribution in [2.45, 2.75) is 38.5 Å². The average Bonchev–Trinajstić information content (AvgIpc) is 3.29. The second kappa shape index (κ2) is 8.68. The van der Waals surface area contributed by atoms with Crippen LogP contribution in [0, 0.1) is 5.41 Å². The topological polar surface area (TPSA) is 61.1 Å². The molecule has 6 rings (SSSR count). The Bertz CT molecular complexity index is 1380. The van der Waals surface area contributed by atoms with Crippen LogP contribution in [-0.2, 0) is 21.9 Å². The summed E-state index contributed by atoms with van der Waals surface area (Å²) in [6.07, 6.45) is 9.37. The van der Waals surface area contributed by atoms with Crippen molar-refractivity contribution in [2.24, 2.45) is 10.6 Å². The third kappa shape index (κ3) is 3.96. The Hall–Kier alpha value is -3.29. The van der Waals surface area contributed by atoms with E-state index in [0.717, 1.165) is 47.1 Å². The Morgan fingerprint density at radius 3 is 2.78 bits per heavy atom. The normalized spacial score (nSPS) is 22.9. The van der Waals surface area contributed by atoms with Gasteiger partial charge in [-0.05, 0) is 66.2 Å². The zero-order valence-corrected chi connectivity index (χ0v) is 21.5. The third-order valence-corrected chi connectivity index (χ3v) is 7.73. The van der Waals surface area contributed by atoms with Gasteiger partial charge in [0.1, 0.15) is 5.75 Å². The molecule has 1 aliphatic carbocycles. The van der Waals surface area contributed by atoms with Crippen LogP contribution >= 0.6 is 11.6 Å². The van der Waals surface area contributed by atoms with Crippen molar-refractivity contribution >= 4 is 23.5 Å². The fraction of sp³-hybridized carbons (Fsp3) is 0.357. The van der Waals surface area contributed by atoms with E-state index in [1.807, 2.05) is 29.0 Å². The molecule has 2 fully saturated rings. The van der Waals surface area contributed by atoms with Crippen molar-refractivity contribution in [3.8, 4) is 11.4 Å². The second-order valence-electron chi connectivity index (χ2n) is 10.1. The number of rotatable bonds is 6. The first-order valence-electron chi connectivity index (χ1n) is 12.1. The smallest absolute Gasteiger partial charge is 0.234 e. The predicted octanol–water partition coefficient (Wildman–Crippen LogP) is 5.77. The Morgan fingerprint density at radius 1 is 1.17 bits per heavy atom. The summed E-state index contributed by atoms with van der Waals surface area (Å²) in [7, 11) is 3.35. The molecule has 2 aromatic carbocycles. The minimum absolute atomic E-state index is 0.275. The molecule has 3 aromatic rings. The number of piperidine rings is 1. The van der Waals surface area contributed by atoms with E-state index in [1.165, 1.54) is 18.4 Å². The molecule has 8 heteroatoms. The largest absolute Gasteiger partial charge is 0.495 e. The zero-order valence-electron chi connectivity index (χ0n) is 20.7. The molecular weight excluding hydrogens is 476 g/mol. The molecule has 1 saturated carbocycles. The Labute approximate surface area is 215 Å². The van der Waals surface area contributed by atoms with Crippen LogP contribution in [0.4, 0.5) is 0 Å². The van der Waals surface area contributed by atoms with Gasteiger partial charge in [-0.2, -0.15) is 0 Å². The van der Waals surface area contributed by atoms with Crippen molar-refractivity contribution < 1.29 is 14.3 Å². The van der Waals surface area contributed by atoms with E-state index in [0.29, 0.717) is 11.6 Å². The summed E-state index contributed by atoms with van der Waals surface area (Å²) in [5.74, 6) is 1.67. The molecule has 0 bridgehead atoms. The summed E-state index contributed by atoms with van der Waals surface area (Å²) in [6, 6.07) is 14.1. The molecular formula is C28H29ClN4O3. The number of amidine groups is 1. The Balaban J connectivity index is 1.34. The van der Waals surface area contributed by atoms with Gasteiger partial charge in [0, 0.05) is 37.4 Å². The standard InChI is InChI=1S/C28H29ClN4O3/c1-27(21-5-4-6-22(29)13-21)33-17-28(9-10-28)14-20(26(33)31-36-27)11-19-7-8-24(25(12-19)35-3)32-15-23(16-34-2)30-18-32/h4-8,11-13,15,18H,9-10,14,16-17H2,1-3H3/b20-11+. The fourth-order valence-corrected chi connectivity index (χ4v) is 5.48. The molecule has 1 unspecified atom stereocenters. The highest BCUT2D eigenvalue weighted by Crippen LogP contribution is 2.57. The SMILES string of the molecule is COCc1cn(-c2ccc(/C=C3\CC4(CC4)CN4C3=NOC4(C)c3cccc(Cl)c3)cc2OC)cn1. The highest BCUT2D eigenvalue weighted by Gasteiger charge is 2.56. The number of halogens is 1. The van der Waals surface area contributed by atoms with Gasteiger partial charge in [0.25, 0.3) is 0 Å². The monoisotopic (exact) mass is 504 g/mol. The maximum Gasteiger partial charge on any atom is 0.234 e. The summed E-state index contributed by atoms with van der Waals surface area (Å²) >= 11 is 6.32. The van der Waals surface area contributed by atoms with Crippen LogP contribution in [0.2, 0.25) is 5.02 Å². The molecule has 1 aromatic heterocycles. The van der Waals surface area contributed by atoms with Crippen LogP contribution in [0.5, 0.6) is 5.75 Å². The van der Waals surface area contributed by atoms with E-state index < -0.39 is 5.72 Å². The van der Waals surface area contributed by atoms with Gasteiger partial charge in [0.05, 0.1) is 31.4 Å². The molecule has 1 atom stereocenters. The molecule has 0 N–H and O–H groups in total. The highest BCUT2D eigenvalue weighted by molar-refractivity contribution is 6.30. The van der Waals surface area contributed by atoms with Crippen molar-refractivity contribution in [2.75, 3.05) is 20.8 Å². The maximum atomic E-state index is 6.32. The number of ether oxygens (including phenoxy) is 2. The van der Waals surface area contributed by atoms with Crippen LogP contribution in [-0.4, -0.2) is 41.1 Å². The van der Waals surface area contributed by atoms with E-state index in [4.69, 9.17) is 25.9 Å². The number of methoxy groups -OCH3 is 2. The lowest BCUT2D eigenvalue weighted by Crippen LogP contribution is -2.50. The van der Waals surface area contributed by atoms with Gasteiger partial charge < -0.3 is 23.8 Å². The number of hydrogen-bond donors (Lipinski definition) is 0. The van der Waals surface area contributed by atoms with Crippen LogP contribution in [0.1, 0.15) is 43.0 Å². The van der Waals surface area contributed by atoms with Crippen LogP contribution in [0.25, 0.3) is 11.8 Å². The first-order chi connectivity index (χ1) is 17.4. The van der Waals surface area contributed by atoms with Gasteiger partial charge in [0.2, 0.25) is 5.72 Å². The number of imidazole rings is 1. The quantitative estimate of drug-likeness (QED) is 0.426. The van der Waals surface area contributed by atoms with Crippen LogP contribution < -0.4 is 4.74 Å². The van der Waals surface area contributed by atoms with Gasteiger partial charge in [0.15, 0.2) is 5.84 Å². The molecule has 1 spiro atoms. The molecule has 36 heavy (non-hydrogen) atoms. The van der Waals surface area contributed by atoms with Crippen molar-refractivity contribution in [3.63, 3.8) is 0 Å². The van der Waals surface area contributed by atoms with Crippen LogP contribution in [0.3, 0.4) is 0 Å². The summed E-state index contributed by atoms with van der Waals surface area (Å²) in [4.78, 5) is 12.8. The van der Waals surface area contributed by atoms with E-state index in [2.05, 4.69) is 52.3 Å². The number of hydrogen-bond acceptors (Lipinski definition) is 6. The zero-order chi connectivity index (χ0) is 24.9. The Morgan fingerprint density at radius 2 is 2.03 bits per heavy atom. The van der Waals surface area contributed by atoms with Crippen LogP contribution in [0.15, 0.2) is 65.7 Å². The fourth-order valence-electron chi connectivity index (χ4n) is 5.29. The van der Waals surface area contributed by atoms with Crippen molar-refractivity contribution in [1.29, 1.82) is 0 Å². The number of oxime groups is 1. The molecule has 2 aliphatic heterocycles. The minimum atomic E-state index is -0.682. The van der Waals surface area contributed by atoms with E-state index in [9.17, 15) is 0 Å². The first kappa shape index (κ1) is 23.1. The summed E-state index contributed by atoms with van der Waals surface area (Å²) in [5.41, 5.74) is 4.63. The molecule has 7 nitrogen and oxygen atoms in total. The lowest BCUT2D eigenvalue weighted by Gasteiger charge is -2.41. The number of fused-ring (bicyclic) bond motifs is 1. The second-order valence-corrected chi connectivity index (χ2v) is 10.5. The maximum absolute atomic E-state index is 6.32. The van der Waals surface area contributed by atoms with Gasteiger partial charge >= 0.3 is 0 Å². The van der Waals surface area contributed by atoms with Gasteiger partial charge in [-0.25, -0.2) is 4.98 Å². The lowest BCUT2D eigenvalue weighted by molar-refractivity contribution is -0.0968. The molecule has 3 aliphatic rings. The van der Waals surface area contributed by atoms with E-state index in [-0.39, 0.29) is 5.41 Å². The van der Waals surface area contributed by atoms with Gasteiger partial charge in [-0.1, -0.05) is 35.0 Å². The van der Waals surface area contributed by atoms with Crippen molar-refractivity contribution in [3.05, 3.63) is 82.4 Å². The third-order valence-electron chi connectivity index (χ3n) is 7.50. The number of nitrogens with zero attached hydrogens (tertiary/aromatic N) is 4. The summed E-state index contributed by atoms with van der Waals surface area (Å²) in [6.45, 7) is 3.48. The molecule has 0 amide bonds. The van der Waals surface area contributed by atoms with Gasteiger partial charge in [-0.3, -0.25) is 0 Å². The average molecular weight is 505 g/mol. The molecule has 3 heterocycles. The van der Waals surface area contributed by atoms with Crippen molar-refractivity contribution in [1.82, 2.24) is 14.5 Å². The lowest BCUT2D eigenvalue weighted by atomic mass is 9.86. The first-order valence-corrected chi connectivity index (χ1v) is 12.5. The summed E-state index contributed by atoms with van der Waals surface area (Å²) < 4.78 is 12.9. The predicted molar refractivity (Wildman–Crippen MR) is 139 cm³/mol. The number of benzene rings is 2. The summed E-state index contributed by atoms with van der Waals surface area (Å²) in [5, 5.41) is 5.29. The minimum Gasteiger partial charge on any atom is -0.495 e. The molecule has 0 radical (unpaired) electrons. The number of aromatic nitrogens is 2. The van der Waals surface area contributed by atoms with Gasteiger partial charge in [-0.15, -0.1) is 0 Å². The Kier molecular flexibility index (Phi) is 5.57. The van der Waals surface area contributed by atoms with E-state index in [1.54, 1.807) is 20.5 Å². The molecule has 186 valence electrons.